The zero-order valence-corrected chi connectivity index (χ0v) is 17.9. The number of amides is 1. The van der Waals surface area contributed by atoms with E-state index in [1.54, 1.807) is 12.1 Å². The van der Waals surface area contributed by atoms with Crippen molar-refractivity contribution in [2.24, 2.45) is 0 Å². The molecule has 5 heteroatoms. The Hall–Kier alpha value is -2.33. The van der Waals surface area contributed by atoms with Crippen molar-refractivity contribution in [3.05, 3.63) is 64.9 Å². The number of hydrogen-bond acceptors (Lipinski definition) is 2. The molecule has 0 saturated heterocycles. The van der Waals surface area contributed by atoms with E-state index < -0.39 is 0 Å². The summed E-state index contributed by atoms with van der Waals surface area (Å²) in [5, 5.41) is 3.45. The Labute approximate surface area is 178 Å². The maximum atomic E-state index is 12.3. The molecule has 29 heavy (non-hydrogen) atoms. The summed E-state index contributed by atoms with van der Waals surface area (Å²) >= 11 is 6.10. The van der Waals surface area contributed by atoms with E-state index >= 15 is 0 Å². The quantitative estimate of drug-likeness (QED) is 0.392. The number of carbonyl (C=O) groups excluding carboxylic acids is 1. The van der Waals surface area contributed by atoms with Gasteiger partial charge in [0.05, 0.1) is 21.6 Å². The van der Waals surface area contributed by atoms with Crippen LogP contribution in [0.5, 0.6) is 0 Å². The van der Waals surface area contributed by atoms with Crippen molar-refractivity contribution in [1.82, 2.24) is 14.9 Å². The maximum absolute atomic E-state index is 12.3. The van der Waals surface area contributed by atoms with Crippen LogP contribution in [0.1, 0.15) is 61.6 Å². The first-order valence-corrected chi connectivity index (χ1v) is 11.1. The lowest BCUT2D eigenvalue weighted by Gasteiger charge is -2.10. The number of rotatable bonds is 11. The van der Waals surface area contributed by atoms with E-state index in [0.29, 0.717) is 17.1 Å². The molecule has 0 radical (unpaired) electrons. The van der Waals surface area contributed by atoms with Gasteiger partial charge >= 0.3 is 0 Å². The summed E-state index contributed by atoms with van der Waals surface area (Å²) in [6.07, 6.45) is 7.99. The molecule has 0 fully saturated rings. The zero-order chi connectivity index (χ0) is 20.5. The molecule has 1 N–H and O–H groups in total. The number of unbranched alkanes of at least 4 members (excludes halogenated alkanes) is 4. The molecular formula is C24H30ClN3O. The second-order valence-corrected chi connectivity index (χ2v) is 7.83. The summed E-state index contributed by atoms with van der Waals surface area (Å²) in [5.41, 5.74) is 2.78. The highest BCUT2D eigenvalue weighted by atomic mass is 35.5. The molecule has 0 spiro atoms. The summed E-state index contributed by atoms with van der Waals surface area (Å²) in [6, 6.07) is 15.5. The highest BCUT2D eigenvalue weighted by molar-refractivity contribution is 6.33. The van der Waals surface area contributed by atoms with Gasteiger partial charge in [0.25, 0.3) is 5.91 Å². The van der Waals surface area contributed by atoms with E-state index in [1.165, 1.54) is 37.6 Å². The van der Waals surface area contributed by atoms with Crippen LogP contribution in [0.25, 0.3) is 11.0 Å². The molecule has 0 unspecified atom stereocenters. The van der Waals surface area contributed by atoms with Crippen molar-refractivity contribution in [1.29, 1.82) is 0 Å². The first-order valence-electron chi connectivity index (χ1n) is 10.7. The van der Waals surface area contributed by atoms with Gasteiger partial charge in [0.15, 0.2) is 0 Å². The standard InChI is InChI=1S/C24H30ClN3O/c1-2-3-4-5-10-18-28-22-15-9-8-14-21(22)27-23(28)16-11-17-26-24(29)19-12-6-7-13-20(19)25/h6-9,12-15H,2-5,10-11,16-18H2,1H3,(H,26,29). The second-order valence-electron chi connectivity index (χ2n) is 7.42. The SMILES string of the molecule is CCCCCCCn1c(CCCNC(=O)c2ccccc2Cl)nc2ccccc21. The minimum atomic E-state index is -0.125. The monoisotopic (exact) mass is 411 g/mol. The summed E-state index contributed by atoms with van der Waals surface area (Å²) in [6.45, 7) is 3.85. The number of nitrogens with one attached hydrogen (secondary N) is 1. The van der Waals surface area contributed by atoms with Crippen LogP contribution in [-0.4, -0.2) is 22.0 Å². The molecule has 0 atom stereocenters. The number of halogens is 1. The van der Waals surface area contributed by atoms with Crippen molar-refractivity contribution in [3.8, 4) is 0 Å². The molecule has 0 bridgehead atoms. The van der Waals surface area contributed by atoms with Gasteiger partial charge in [-0.1, -0.05) is 68.5 Å². The van der Waals surface area contributed by atoms with E-state index in [9.17, 15) is 4.79 Å². The van der Waals surface area contributed by atoms with Crippen LogP contribution in [0.15, 0.2) is 48.5 Å². The normalized spacial score (nSPS) is 11.1. The number of hydrogen-bond donors (Lipinski definition) is 1. The summed E-state index contributed by atoms with van der Waals surface area (Å²) < 4.78 is 2.36. The van der Waals surface area contributed by atoms with Gasteiger partial charge in [-0.3, -0.25) is 4.79 Å². The fourth-order valence-electron chi connectivity index (χ4n) is 3.63. The number of para-hydroxylation sites is 2. The van der Waals surface area contributed by atoms with Gasteiger partial charge in [0.1, 0.15) is 5.82 Å². The van der Waals surface area contributed by atoms with Crippen LogP contribution in [0.3, 0.4) is 0 Å². The van der Waals surface area contributed by atoms with Crippen LogP contribution >= 0.6 is 11.6 Å². The number of fused-ring (bicyclic) bond motifs is 1. The first kappa shape index (κ1) is 21.4. The van der Waals surface area contributed by atoms with Gasteiger partial charge in [-0.15, -0.1) is 0 Å². The summed E-state index contributed by atoms with van der Waals surface area (Å²) in [7, 11) is 0. The van der Waals surface area contributed by atoms with Crippen molar-refractivity contribution < 1.29 is 4.79 Å². The molecule has 4 nitrogen and oxygen atoms in total. The molecule has 1 amide bonds. The zero-order valence-electron chi connectivity index (χ0n) is 17.2. The van der Waals surface area contributed by atoms with Gasteiger partial charge in [-0.2, -0.15) is 0 Å². The second kappa shape index (κ2) is 11.0. The Morgan fingerprint density at radius 3 is 2.59 bits per heavy atom. The molecule has 0 aliphatic carbocycles. The minimum Gasteiger partial charge on any atom is -0.352 e. The smallest absolute Gasteiger partial charge is 0.252 e. The lowest BCUT2D eigenvalue weighted by molar-refractivity contribution is 0.0953. The van der Waals surface area contributed by atoms with Crippen LogP contribution in [0, 0.1) is 0 Å². The molecule has 1 aromatic heterocycles. The molecule has 0 aliphatic rings. The Bertz CT molecular complexity index is 935. The number of carbonyl (C=O) groups is 1. The van der Waals surface area contributed by atoms with Crippen molar-refractivity contribution in [3.63, 3.8) is 0 Å². The fourth-order valence-corrected chi connectivity index (χ4v) is 3.85. The molecular weight excluding hydrogens is 382 g/mol. The summed E-state index contributed by atoms with van der Waals surface area (Å²) in [5.74, 6) is 0.980. The fraction of sp³-hybridized carbons (Fsp3) is 0.417. The van der Waals surface area contributed by atoms with Gasteiger partial charge in [-0.25, -0.2) is 4.98 Å². The Morgan fingerprint density at radius 2 is 1.76 bits per heavy atom. The number of aryl methyl sites for hydroxylation is 2. The number of aromatic nitrogens is 2. The van der Waals surface area contributed by atoms with Gasteiger partial charge in [0, 0.05) is 19.5 Å². The van der Waals surface area contributed by atoms with Crippen molar-refractivity contribution >= 4 is 28.5 Å². The lowest BCUT2D eigenvalue weighted by Crippen LogP contribution is -2.25. The maximum Gasteiger partial charge on any atom is 0.252 e. The average Bonchev–Trinajstić information content (AvgIpc) is 3.09. The van der Waals surface area contributed by atoms with E-state index in [2.05, 4.69) is 35.0 Å². The predicted molar refractivity (Wildman–Crippen MR) is 121 cm³/mol. The highest BCUT2D eigenvalue weighted by Crippen LogP contribution is 2.19. The molecule has 3 rings (SSSR count). The molecule has 1 heterocycles. The Balaban J connectivity index is 1.57. The molecule has 0 saturated carbocycles. The third kappa shape index (κ3) is 5.83. The Kier molecular flexibility index (Phi) is 8.12. The van der Waals surface area contributed by atoms with E-state index in [4.69, 9.17) is 16.6 Å². The molecule has 2 aromatic carbocycles. The topological polar surface area (TPSA) is 46.9 Å². The lowest BCUT2D eigenvalue weighted by atomic mass is 10.1. The van der Waals surface area contributed by atoms with Crippen LogP contribution in [0.2, 0.25) is 5.02 Å². The minimum absolute atomic E-state index is 0.125. The van der Waals surface area contributed by atoms with Crippen molar-refractivity contribution in [2.45, 2.75) is 58.4 Å². The third-order valence-corrected chi connectivity index (χ3v) is 5.53. The third-order valence-electron chi connectivity index (χ3n) is 5.20. The highest BCUT2D eigenvalue weighted by Gasteiger charge is 2.11. The molecule has 0 aliphatic heterocycles. The summed E-state index contributed by atoms with van der Waals surface area (Å²) in [4.78, 5) is 17.1. The largest absolute Gasteiger partial charge is 0.352 e. The molecule has 3 aromatic rings. The van der Waals surface area contributed by atoms with Crippen LogP contribution in [0.4, 0.5) is 0 Å². The van der Waals surface area contributed by atoms with E-state index in [1.807, 2.05) is 18.2 Å². The number of nitrogens with zero attached hydrogens (tertiary/aromatic N) is 2. The molecule has 154 valence electrons. The predicted octanol–water partition coefficient (Wildman–Crippen LogP) is 6.02. The van der Waals surface area contributed by atoms with E-state index in [-0.39, 0.29) is 5.91 Å². The van der Waals surface area contributed by atoms with Crippen LogP contribution in [-0.2, 0) is 13.0 Å². The van der Waals surface area contributed by atoms with Gasteiger partial charge < -0.3 is 9.88 Å². The van der Waals surface area contributed by atoms with Gasteiger partial charge in [-0.05, 0) is 37.1 Å². The Morgan fingerprint density at radius 1 is 1.00 bits per heavy atom. The van der Waals surface area contributed by atoms with Crippen molar-refractivity contribution in [2.75, 3.05) is 6.54 Å². The average molecular weight is 412 g/mol. The van der Waals surface area contributed by atoms with Gasteiger partial charge in [0.2, 0.25) is 0 Å². The number of imidazole rings is 1. The van der Waals surface area contributed by atoms with E-state index in [0.717, 1.165) is 30.7 Å². The first-order chi connectivity index (χ1) is 14.2. The van der Waals surface area contributed by atoms with Crippen LogP contribution < -0.4 is 5.32 Å². The number of benzene rings is 2.